The quantitative estimate of drug-likeness (QED) is 0.752. The number of rotatable bonds is 7. The number of nitrogens with one attached hydrogen (secondary N) is 2. The number of amides is 1. The topological polar surface area (TPSA) is 57.8 Å². The smallest absolute Gasteiger partial charge is 0.270 e. The fraction of sp³-hybridized carbons (Fsp3) is 0.286. The summed E-state index contributed by atoms with van der Waals surface area (Å²) in [4.78, 5) is 11.7. The van der Waals surface area contributed by atoms with Gasteiger partial charge in [-0.1, -0.05) is 35.3 Å². The normalized spacial score (nSPS) is 10.6. The molecule has 112 valence electrons. The van der Waals surface area contributed by atoms with Crippen molar-refractivity contribution in [3.05, 3.63) is 51.8 Å². The third-order valence-electron chi connectivity index (χ3n) is 2.75. The number of hydrogen-bond acceptors (Lipinski definition) is 3. The van der Waals surface area contributed by atoms with Crippen LogP contribution in [-0.2, 0) is 5.75 Å². The molecule has 0 saturated heterocycles. The second-order valence-corrected chi connectivity index (χ2v) is 6.33. The van der Waals surface area contributed by atoms with Crippen LogP contribution in [0, 0.1) is 0 Å². The lowest BCUT2D eigenvalue weighted by molar-refractivity contribution is 0.0949. The Morgan fingerprint density at radius 3 is 2.71 bits per heavy atom. The Labute approximate surface area is 137 Å². The van der Waals surface area contributed by atoms with Crippen LogP contribution >= 0.6 is 35.0 Å². The minimum Gasteiger partial charge on any atom is -0.351 e. The van der Waals surface area contributed by atoms with Crippen molar-refractivity contribution < 1.29 is 4.79 Å². The molecule has 2 N–H and O–H groups in total. The van der Waals surface area contributed by atoms with Crippen molar-refractivity contribution >= 4 is 40.9 Å². The standard InChI is InChI=1S/C14H15Cl2N3OS/c15-11-4-2-10(3-5-11)9-21-7-1-6-17-14(20)13-12(16)8-18-19-13/h2-5,8H,1,6-7,9H2,(H,17,20)(H,18,19). The van der Waals surface area contributed by atoms with Crippen molar-refractivity contribution in [2.24, 2.45) is 0 Å². The highest BCUT2D eigenvalue weighted by atomic mass is 35.5. The summed E-state index contributed by atoms with van der Waals surface area (Å²) in [7, 11) is 0. The minimum atomic E-state index is -0.222. The maximum atomic E-state index is 11.7. The Morgan fingerprint density at radius 1 is 1.29 bits per heavy atom. The molecule has 0 radical (unpaired) electrons. The molecule has 0 aliphatic heterocycles. The number of carbonyl (C=O) groups excluding carboxylic acids is 1. The highest BCUT2D eigenvalue weighted by Gasteiger charge is 2.10. The molecule has 1 heterocycles. The van der Waals surface area contributed by atoms with E-state index in [0.717, 1.165) is 22.9 Å². The summed E-state index contributed by atoms with van der Waals surface area (Å²) < 4.78 is 0. The number of carbonyl (C=O) groups is 1. The molecular formula is C14H15Cl2N3OS. The summed E-state index contributed by atoms with van der Waals surface area (Å²) >= 11 is 13.5. The first-order chi connectivity index (χ1) is 10.2. The average molecular weight is 344 g/mol. The molecule has 0 saturated carbocycles. The zero-order chi connectivity index (χ0) is 15.1. The molecule has 0 spiro atoms. The third kappa shape index (κ3) is 5.26. The number of H-pyrrole nitrogens is 1. The minimum absolute atomic E-state index is 0.222. The van der Waals surface area contributed by atoms with Crippen molar-refractivity contribution in [3.63, 3.8) is 0 Å². The van der Waals surface area contributed by atoms with Crippen LogP contribution in [0.25, 0.3) is 0 Å². The lowest BCUT2D eigenvalue weighted by atomic mass is 10.2. The molecule has 1 aromatic heterocycles. The zero-order valence-corrected chi connectivity index (χ0v) is 13.6. The lowest BCUT2D eigenvalue weighted by Crippen LogP contribution is -2.25. The van der Waals surface area contributed by atoms with E-state index >= 15 is 0 Å². The van der Waals surface area contributed by atoms with Crippen LogP contribution in [0.4, 0.5) is 0 Å². The number of halogens is 2. The Hall–Kier alpha value is -1.17. The number of aromatic nitrogens is 2. The van der Waals surface area contributed by atoms with Gasteiger partial charge >= 0.3 is 0 Å². The molecule has 4 nitrogen and oxygen atoms in total. The van der Waals surface area contributed by atoms with Gasteiger partial charge in [-0.2, -0.15) is 16.9 Å². The Balaban J connectivity index is 1.59. The largest absolute Gasteiger partial charge is 0.351 e. The molecule has 7 heteroatoms. The monoisotopic (exact) mass is 343 g/mol. The van der Waals surface area contributed by atoms with Crippen LogP contribution in [0.1, 0.15) is 22.5 Å². The molecule has 0 bridgehead atoms. The number of benzene rings is 1. The van der Waals surface area contributed by atoms with Gasteiger partial charge in [0.1, 0.15) is 5.69 Å². The molecule has 0 atom stereocenters. The van der Waals surface area contributed by atoms with Crippen LogP contribution in [0.5, 0.6) is 0 Å². The number of nitrogens with zero attached hydrogens (tertiary/aromatic N) is 1. The first kappa shape index (κ1) is 16.2. The highest BCUT2D eigenvalue weighted by Crippen LogP contribution is 2.16. The Morgan fingerprint density at radius 2 is 2.05 bits per heavy atom. The fourth-order valence-electron chi connectivity index (χ4n) is 1.67. The first-order valence-electron chi connectivity index (χ1n) is 6.46. The van der Waals surface area contributed by atoms with E-state index in [1.54, 1.807) is 0 Å². The lowest BCUT2D eigenvalue weighted by Gasteiger charge is -2.04. The van der Waals surface area contributed by atoms with Crippen molar-refractivity contribution in [2.45, 2.75) is 12.2 Å². The van der Waals surface area contributed by atoms with E-state index in [-0.39, 0.29) is 5.91 Å². The second kappa shape index (κ2) is 8.32. The summed E-state index contributed by atoms with van der Waals surface area (Å²) in [5.41, 5.74) is 1.56. The number of hydrogen-bond donors (Lipinski definition) is 2. The van der Waals surface area contributed by atoms with E-state index in [1.807, 2.05) is 36.0 Å². The molecular weight excluding hydrogens is 329 g/mol. The van der Waals surface area contributed by atoms with Gasteiger partial charge in [-0.3, -0.25) is 9.89 Å². The van der Waals surface area contributed by atoms with E-state index in [0.29, 0.717) is 17.3 Å². The summed E-state index contributed by atoms with van der Waals surface area (Å²) in [6.45, 7) is 0.613. The maximum absolute atomic E-state index is 11.7. The van der Waals surface area contributed by atoms with E-state index in [4.69, 9.17) is 23.2 Å². The van der Waals surface area contributed by atoms with Crippen molar-refractivity contribution in [1.29, 1.82) is 0 Å². The molecule has 0 aliphatic carbocycles. The summed E-state index contributed by atoms with van der Waals surface area (Å²) in [5.74, 6) is 1.69. The predicted octanol–water partition coefficient (Wildman–Crippen LogP) is 3.77. The van der Waals surface area contributed by atoms with Gasteiger partial charge in [0.15, 0.2) is 0 Å². The Bertz CT molecular complexity index is 586. The maximum Gasteiger partial charge on any atom is 0.270 e. The van der Waals surface area contributed by atoms with Gasteiger partial charge in [0.2, 0.25) is 0 Å². The van der Waals surface area contributed by atoms with E-state index in [9.17, 15) is 4.79 Å². The summed E-state index contributed by atoms with van der Waals surface area (Å²) in [6, 6.07) is 7.84. The highest BCUT2D eigenvalue weighted by molar-refractivity contribution is 7.98. The van der Waals surface area contributed by atoms with Crippen molar-refractivity contribution in [1.82, 2.24) is 15.5 Å². The van der Waals surface area contributed by atoms with Gasteiger partial charge in [0.05, 0.1) is 11.2 Å². The molecule has 1 amide bonds. The van der Waals surface area contributed by atoms with Gasteiger partial charge in [0.25, 0.3) is 5.91 Å². The molecule has 2 aromatic rings. The fourth-order valence-corrected chi connectivity index (χ4v) is 2.89. The molecule has 21 heavy (non-hydrogen) atoms. The van der Waals surface area contributed by atoms with Crippen LogP contribution in [0.3, 0.4) is 0 Å². The third-order valence-corrected chi connectivity index (χ3v) is 4.41. The van der Waals surface area contributed by atoms with E-state index in [2.05, 4.69) is 15.5 Å². The average Bonchev–Trinajstić information content (AvgIpc) is 2.90. The SMILES string of the molecule is O=C(NCCCSCc1ccc(Cl)cc1)c1[nH]ncc1Cl. The number of thioether (sulfide) groups is 1. The van der Waals surface area contributed by atoms with Crippen LogP contribution < -0.4 is 5.32 Å². The van der Waals surface area contributed by atoms with Crippen LogP contribution in [0.2, 0.25) is 10.0 Å². The molecule has 1 aromatic carbocycles. The van der Waals surface area contributed by atoms with Gasteiger partial charge in [-0.15, -0.1) is 0 Å². The Kier molecular flexibility index (Phi) is 6.42. The van der Waals surface area contributed by atoms with Crippen LogP contribution in [0.15, 0.2) is 30.5 Å². The van der Waals surface area contributed by atoms with Crippen molar-refractivity contribution in [3.8, 4) is 0 Å². The molecule has 0 unspecified atom stereocenters. The van der Waals surface area contributed by atoms with E-state index < -0.39 is 0 Å². The predicted molar refractivity (Wildman–Crippen MR) is 88.2 cm³/mol. The zero-order valence-electron chi connectivity index (χ0n) is 11.2. The van der Waals surface area contributed by atoms with Crippen molar-refractivity contribution in [2.75, 3.05) is 12.3 Å². The van der Waals surface area contributed by atoms with Gasteiger partial charge in [-0.25, -0.2) is 0 Å². The number of aromatic amines is 1. The summed E-state index contributed by atoms with van der Waals surface area (Å²) in [5, 5.41) is 10.2. The summed E-state index contributed by atoms with van der Waals surface area (Å²) in [6.07, 6.45) is 2.31. The first-order valence-corrected chi connectivity index (χ1v) is 8.37. The van der Waals surface area contributed by atoms with Gasteiger partial charge in [-0.05, 0) is 29.9 Å². The van der Waals surface area contributed by atoms with Gasteiger partial charge < -0.3 is 5.32 Å². The van der Waals surface area contributed by atoms with Gasteiger partial charge in [0, 0.05) is 17.3 Å². The van der Waals surface area contributed by atoms with E-state index in [1.165, 1.54) is 11.8 Å². The molecule has 0 fully saturated rings. The second-order valence-electron chi connectivity index (χ2n) is 4.38. The molecule has 0 aliphatic rings. The van der Waals surface area contributed by atoms with Crippen LogP contribution in [-0.4, -0.2) is 28.4 Å². The molecule has 2 rings (SSSR count).